The summed E-state index contributed by atoms with van der Waals surface area (Å²) in [6.45, 7) is 0.379. The number of hydrogen-bond donors (Lipinski definition) is 0. The number of ether oxygens (including phenoxy) is 2. The average molecular weight is 626 g/mol. The molecule has 0 bridgehead atoms. The monoisotopic (exact) mass is 624 g/mol. The molecular formula is C35H26Cl2N2O3S. The highest BCUT2D eigenvalue weighted by Crippen LogP contribution is 2.41. The third kappa shape index (κ3) is 5.31. The molecule has 1 atom stereocenters. The van der Waals surface area contributed by atoms with Gasteiger partial charge in [0.1, 0.15) is 6.61 Å². The van der Waals surface area contributed by atoms with Gasteiger partial charge < -0.3 is 9.47 Å². The number of methoxy groups -OCH3 is 1. The summed E-state index contributed by atoms with van der Waals surface area (Å²) in [6.07, 6.45) is 3.64. The fourth-order valence-corrected chi connectivity index (χ4v) is 7.01. The Morgan fingerprint density at radius 3 is 2.44 bits per heavy atom. The molecule has 2 heterocycles. The van der Waals surface area contributed by atoms with Gasteiger partial charge in [-0.3, -0.25) is 9.36 Å². The molecule has 0 amide bonds. The second-order valence-electron chi connectivity index (χ2n) is 10.5. The van der Waals surface area contributed by atoms with Crippen molar-refractivity contribution in [1.29, 1.82) is 0 Å². The van der Waals surface area contributed by atoms with E-state index in [1.807, 2.05) is 83.4 Å². The van der Waals surface area contributed by atoms with Crippen molar-refractivity contribution >= 4 is 46.3 Å². The zero-order valence-electron chi connectivity index (χ0n) is 23.2. The van der Waals surface area contributed by atoms with E-state index >= 15 is 0 Å². The number of allylic oxidation sites excluding steroid dienone is 1. The van der Waals surface area contributed by atoms with Crippen LogP contribution >= 0.6 is 34.5 Å². The molecule has 4 aromatic carbocycles. The van der Waals surface area contributed by atoms with Crippen molar-refractivity contribution in [2.45, 2.75) is 25.5 Å². The van der Waals surface area contributed by atoms with Crippen LogP contribution in [-0.4, -0.2) is 11.7 Å². The Morgan fingerprint density at radius 2 is 1.67 bits per heavy atom. The van der Waals surface area contributed by atoms with Crippen LogP contribution in [0, 0.1) is 0 Å². The van der Waals surface area contributed by atoms with Gasteiger partial charge in [-0.15, -0.1) is 0 Å². The van der Waals surface area contributed by atoms with Gasteiger partial charge in [-0.2, -0.15) is 0 Å². The standard InChI is InChI=1S/C35H26Cl2N2O3S/c1-41-30-18-22(8-17-29(30)42-20-21-6-12-25(36)13-7-21)19-31-34(40)39-33(24-9-14-26(37)15-10-24)28-16-11-23-4-2-3-5-27(23)32(28)38-35(39)43-31/h2-10,12-15,17-19,33H,11,16,20H2,1H3/b31-19+/t33-/m0/s1. The van der Waals surface area contributed by atoms with Crippen LogP contribution in [0.1, 0.15) is 40.3 Å². The van der Waals surface area contributed by atoms with Crippen molar-refractivity contribution in [2.75, 3.05) is 7.11 Å². The molecular weight excluding hydrogens is 599 g/mol. The van der Waals surface area contributed by atoms with Gasteiger partial charge in [0.2, 0.25) is 0 Å². The second kappa shape index (κ2) is 11.5. The van der Waals surface area contributed by atoms with Gasteiger partial charge in [0.05, 0.1) is 23.4 Å². The van der Waals surface area contributed by atoms with Crippen molar-refractivity contribution in [3.63, 3.8) is 0 Å². The van der Waals surface area contributed by atoms with Crippen molar-refractivity contribution in [1.82, 2.24) is 4.57 Å². The van der Waals surface area contributed by atoms with Crippen LogP contribution in [0.3, 0.4) is 0 Å². The van der Waals surface area contributed by atoms with Crippen LogP contribution in [0.15, 0.2) is 106 Å². The highest BCUT2D eigenvalue weighted by atomic mass is 35.5. The molecule has 214 valence electrons. The van der Waals surface area contributed by atoms with E-state index in [9.17, 15) is 4.79 Å². The maximum atomic E-state index is 14.1. The largest absolute Gasteiger partial charge is 0.493 e. The Labute approximate surface area is 262 Å². The fourth-order valence-electron chi connectivity index (χ4n) is 5.75. The van der Waals surface area contributed by atoms with Gasteiger partial charge in [0.25, 0.3) is 5.56 Å². The number of halogens is 2. The number of nitrogens with zero attached hydrogens (tertiary/aromatic N) is 2. The molecule has 0 N–H and O–H groups in total. The predicted octanol–water partition coefficient (Wildman–Crippen LogP) is 7.21. The number of hydrogen-bond acceptors (Lipinski definition) is 5. The Balaban J connectivity index is 1.30. The molecule has 1 aliphatic heterocycles. The minimum absolute atomic E-state index is 0.0730. The van der Waals surface area contributed by atoms with E-state index in [-0.39, 0.29) is 11.6 Å². The Bertz CT molecular complexity index is 2060. The van der Waals surface area contributed by atoms with Crippen molar-refractivity contribution in [3.8, 4) is 11.5 Å². The molecule has 7 rings (SSSR count). The molecule has 8 heteroatoms. The number of rotatable bonds is 6. The van der Waals surface area contributed by atoms with E-state index in [4.69, 9.17) is 37.7 Å². The number of benzene rings is 4. The van der Waals surface area contributed by atoms with Crippen molar-refractivity contribution < 1.29 is 9.47 Å². The minimum atomic E-state index is -0.253. The molecule has 5 aromatic rings. The zero-order valence-corrected chi connectivity index (χ0v) is 25.5. The molecule has 0 unspecified atom stereocenters. The van der Waals surface area contributed by atoms with E-state index in [1.165, 1.54) is 16.9 Å². The summed E-state index contributed by atoms with van der Waals surface area (Å²) in [7, 11) is 1.61. The molecule has 1 aliphatic carbocycles. The first kappa shape index (κ1) is 27.7. The predicted molar refractivity (Wildman–Crippen MR) is 173 cm³/mol. The fraction of sp³-hybridized carbons (Fsp3) is 0.143. The van der Waals surface area contributed by atoms with Gasteiger partial charge in [-0.1, -0.05) is 89.1 Å². The van der Waals surface area contributed by atoms with Crippen LogP contribution < -0.4 is 24.4 Å². The number of thiazole rings is 1. The van der Waals surface area contributed by atoms with E-state index in [0.29, 0.717) is 37.5 Å². The quantitative estimate of drug-likeness (QED) is 0.200. The average Bonchev–Trinajstić information content (AvgIpc) is 3.34. The summed E-state index contributed by atoms with van der Waals surface area (Å²) >= 11 is 13.6. The van der Waals surface area contributed by atoms with Gasteiger partial charge in [-0.25, -0.2) is 4.99 Å². The lowest BCUT2D eigenvalue weighted by molar-refractivity contribution is 0.284. The lowest BCUT2D eigenvalue weighted by Crippen LogP contribution is -2.38. The lowest BCUT2D eigenvalue weighted by atomic mass is 9.83. The third-order valence-electron chi connectivity index (χ3n) is 7.85. The molecule has 0 spiro atoms. The minimum Gasteiger partial charge on any atom is -0.493 e. The summed E-state index contributed by atoms with van der Waals surface area (Å²) in [5, 5.41) is 1.34. The maximum Gasteiger partial charge on any atom is 0.271 e. The van der Waals surface area contributed by atoms with Crippen molar-refractivity contribution in [3.05, 3.63) is 154 Å². The first-order chi connectivity index (χ1) is 21.0. The van der Waals surface area contributed by atoms with Crippen LogP contribution in [0.25, 0.3) is 11.8 Å². The Kier molecular flexibility index (Phi) is 7.43. The lowest BCUT2D eigenvalue weighted by Gasteiger charge is -2.30. The summed E-state index contributed by atoms with van der Waals surface area (Å²) in [4.78, 5) is 19.8. The number of aryl methyl sites for hydroxylation is 1. The third-order valence-corrected chi connectivity index (χ3v) is 9.34. The summed E-state index contributed by atoms with van der Waals surface area (Å²) in [6, 6.07) is 29.1. The molecule has 0 saturated carbocycles. The number of fused-ring (bicyclic) bond motifs is 3. The molecule has 0 fully saturated rings. The van der Waals surface area contributed by atoms with Crippen LogP contribution in [-0.2, 0) is 13.0 Å². The maximum absolute atomic E-state index is 14.1. The summed E-state index contributed by atoms with van der Waals surface area (Å²) < 4.78 is 14.1. The SMILES string of the molecule is COc1cc(/C=c2/sc3n(c2=O)[C@@H](c2ccc(Cl)cc2)C2=C(N=3)c3ccccc3CC2)ccc1OCc1ccc(Cl)cc1. The van der Waals surface area contributed by atoms with Gasteiger partial charge in [-0.05, 0) is 83.1 Å². The van der Waals surface area contributed by atoms with Gasteiger partial charge >= 0.3 is 0 Å². The van der Waals surface area contributed by atoms with E-state index < -0.39 is 0 Å². The smallest absolute Gasteiger partial charge is 0.271 e. The zero-order chi connectivity index (χ0) is 29.5. The molecule has 0 saturated heterocycles. The van der Waals surface area contributed by atoms with Crippen LogP contribution in [0.4, 0.5) is 0 Å². The number of aromatic nitrogens is 1. The summed E-state index contributed by atoms with van der Waals surface area (Å²) in [5.41, 5.74) is 7.32. The Hall–Kier alpha value is -4.10. The molecule has 5 nitrogen and oxygen atoms in total. The first-order valence-corrected chi connectivity index (χ1v) is 15.5. The normalized spacial score (nSPS) is 15.8. The van der Waals surface area contributed by atoms with E-state index in [1.54, 1.807) is 7.11 Å². The highest BCUT2D eigenvalue weighted by Gasteiger charge is 2.32. The van der Waals surface area contributed by atoms with Gasteiger partial charge in [0.15, 0.2) is 16.3 Å². The van der Waals surface area contributed by atoms with Crippen molar-refractivity contribution in [2.24, 2.45) is 4.99 Å². The van der Waals surface area contributed by atoms with Gasteiger partial charge in [0, 0.05) is 15.6 Å². The topological polar surface area (TPSA) is 52.8 Å². The molecule has 0 radical (unpaired) electrons. The van der Waals surface area contributed by atoms with E-state index in [0.717, 1.165) is 46.4 Å². The molecule has 43 heavy (non-hydrogen) atoms. The van der Waals surface area contributed by atoms with Crippen LogP contribution in [0.5, 0.6) is 11.5 Å². The highest BCUT2D eigenvalue weighted by molar-refractivity contribution is 7.07. The van der Waals surface area contributed by atoms with E-state index in [2.05, 4.69) is 18.2 Å². The molecule has 1 aromatic heterocycles. The Morgan fingerprint density at radius 1 is 0.930 bits per heavy atom. The molecule has 2 aliphatic rings. The van der Waals surface area contributed by atoms with Crippen LogP contribution in [0.2, 0.25) is 10.0 Å². The summed E-state index contributed by atoms with van der Waals surface area (Å²) in [5.74, 6) is 1.20. The first-order valence-electron chi connectivity index (χ1n) is 13.9. The second-order valence-corrected chi connectivity index (χ2v) is 12.4.